The van der Waals surface area contributed by atoms with Crippen LogP contribution in [-0.4, -0.2) is 41.4 Å². The fraction of sp³-hybridized carbons (Fsp3) is 1.00. The molecule has 4 atom stereocenters. The van der Waals surface area contributed by atoms with Gasteiger partial charge in [0.15, 0.2) is 9.76 Å². The molecule has 1 heterocycles. The van der Waals surface area contributed by atoms with Gasteiger partial charge in [0, 0.05) is 13.7 Å². The first kappa shape index (κ1) is 10.6. The number of rotatable bonds is 5. The van der Waals surface area contributed by atoms with Crippen LogP contribution >= 0.6 is 0 Å². The zero-order chi connectivity index (χ0) is 9.97. The van der Waals surface area contributed by atoms with E-state index < -0.39 is 9.76 Å². The van der Waals surface area contributed by atoms with Crippen molar-refractivity contribution in [3.63, 3.8) is 0 Å². The van der Waals surface area contributed by atoms with Crippen LogP contribution < -0.4 is 0 Å². The maximum Gasteiger partial charge on any atom is 0.190 e. The van der Waals surface area contributed by atoms with Crippen LogP contribution in [0.4, 0.5) is 0 Å². The fourth-order valence-electron chi connectivity index (χ4n) is 2.47. The van der Waals surface area contributed by atoms with E-state index in [1.54, 1.807) is 7.11 Å². The number of hydrogen-bond acceptors (Lipinski definition) is 3. The third kappa shape index (κ3) is 2.37. The minimum atomic E-state index is -0.502. The van der Waals surface area contributed by atoms with Crippen molar-refractivity contribution in [3.05, 3.63) is 0 Å². The molecule has 2 rings (SSSR count). The first-order valence-electron chi connectivity index (χ1n) is 5.61. The van der Waals surface area contributed by atoms with E-state index in [1.165, 1.54) is 19.3 Å². The topological polar surface area (TPSA) is 31.0 Å². The molecule has 0 N–H and O–H groups in total. The Morgan fingerprint density at radius 1 is 1.43 bits per heavy atom. The third-order valence-electron chi connectivity index (χ3n) is 3.28. The Balaban J connectivity index is 1.82. The number of ether oxygens (including phenoxy) is 2. The summed E-state index contributed by atoms with van der Waals surface area (Å²) in [6.45, 7) is 2.88. The first-order valence-corrected chi connectivity index (χ1v) is 7.00. The van der Waals surface area contributed by atoms with Gasteiger partial charge in [0.05, 0.1) is 17.9 Å². The minimum absolute atomic E-state index is 0.412. The minimum Gasteiger partial charge on any atom is -0.424 e. The lowest BCUT2D eigenvalue weighted by Crippen LogP contribution is -2.34. The molecule has 0 bridgehead atoms. The van der Waals surface area contributed by atoms with Gasteiger partial charge in [-0.15, -0.1) is 0 Å². The van der Waals surface area contributed by atoms with E-state index in [1.807, 2.05) is 0 Å². The summed E-state index contributed by atoms with van der Waals surface area (Å²) in [7, 11) is 1.30. The van der Waals surface area contributed by atoms with Crippen molar-refractivity contribution in [1.29, 1.82) is 0 Å². The first-order chi connectivity index (χ1) is 6.85. The largest absolute Gasteiger partial charge is 0.424 e. The zero-order valence-electron chi connectivity index (χ0n) is 9.07. The highest BCUT2D eigenvalue weighted by molar-refractivity contribution is 6.29. The normalized spacial score (nSPS) is 38.6. The molecule has 0 aromatic rings. The quantitative estimate of drug-likeness (QED) is 0.499. The molecule has 1 aliphatic heterocycles. The second kappa shape index (κ2) is 4.75. The molecule has 82 valence electrons. The maximum atomic E-state index is 5.77. The SMILES string of the molecule is CCOC([SiH2]OC)C1CCC2OC2C1. The Labute approximate surface area is 88.1 Å². The Morgan fingerprint density at radius 3 is 2.93 bits per heavy atom. The molecule has 0 aromatic heterocycles. The summed E-state index contributed by atoms with van der Waals surface area (Å²) >= 11 is 0. The standard InChI is InChI=1S/C10H20O3Si/c1-3-12-10(14-11-2)7-4-5-8-9(6-7)13-8/h7-10H,3-6,14H2,1-2H3. The van der Waals surface area contributed by atoms with Gasteiger partial charge >= 0.3 is 0 Å². The van der Waals surface area contributed by atoms with Crippen molar-refractivity contribution in [2.45, 2.75) is 44.1 Å². The van der Waals surface area contributed by atoms with E-state index in [2.05, 4.69) is 6.92 Å². The molecule has 0 radical (unpaired) electrons. The van der Waals surface area contributed by atoms with Gasteiger partial charge in [-0.25, -0.2) is 0 Å². The van der Waals surface area contributed by atoms with Crippen LogP contribution in [0.25, 0.3) is 0 Å². The number of hydrogen-bond donors (Lipinski definition) is 0. The molecule has 2 fully saturated rings. The van der Waals surface area contributed by atoms with E-state index in [4.69, 9.17) is 13.9 Å². The average molecular weight is 216 g/mol. The van der Waals surface area contributed by atoms with Gasteiger partial charge in [-0.2, -0.15) is 0 Å². The number of fused-ring (bicyclic) bond motifs is 1. The summed E-state index contributed by atoms with van der Waals surface area (Å²) < 4.78 is 16.6. The third-order valence-corrected chi connectivity index (χ3v) is 4.85. The Morgan fingerprint density at radius 2 is 2.29 bits per heavy atom. The predicted molar refractivity (Wildman–Crippen MR) is 57.0 cm³/mol. The van der Waals surface area contributed by atoms with Gasteiger partial charge in [-0.1, -0.05) is 0 Å². The summed E-state index contributed by atoms with van der Waals surface area (Å²) in [5, 5.41) is 0. The van der Waals surface area contributed by atoms with Crippen LogP contribution in [0.3, 0.4) is 0 Å². The molecule has 1 saturated carbocycles. The van der Waals surface area contributed by atoms with Crippen molar-refractivity contribution in [2.24, 2.45) is 5.92 Å². The molecule has 1 saturated heterocycles. The smallest absolute Gasteiger partial charge is 0.190 e. The lowest BCUT2D eigenvalue weighted by Gasteiger charge is -2.27. The lowest BCUT2D eigenvalue weighted by atomic mass is 9.90. The maximum absolute atomic E-state index is 5.77. The van der Waals surface area contributed by atoms with Crippen molar-refractivity contribution in [1.82, 2.24) is 0 Å². The van der Waals surface area contributed by atoms with E-state index in [9.17, 15) is 0 Å². The van der Waals surface area contributed by atoms with Crippen LogP contribution in [-0.2, 0) is 13.9 Å². The monoisotopic (exact) mass is 216 g/mol. The second-order valence-electron chi connectivity index (χ2n) is 4.24. The van der Waals surface area contributed by atoms with Gasteiger partial charge in [0.2, 0.25) is 0 Å². The lowest BCUT2D eigenvalue weighted by molar-refractivity contribution is 0.0541. The van der Waals surface area contributed by atoms with Gasteiger partial charge in [-0.3, -0.25) is 0 Å². The second-order valence-corrected chi connectivity index (χ2v) is 5.95. The summed E-state index contributed by atoms with van der Waals surface area (Å²) in [5.74, 6) is 0.699. The highest BCUT2D eigenvalue weighted by Gasteiger charge is 2.45. The van der Waals surface area contributed by atoms with Crippen LogP contribution in [0.15, 0.2) is 0 Å². The fourth-order valence-corrected chi connectivity index (χ4v) is 3.83. The Hall–Kier alpha value is 0.0969. The van der Waals surface area contributed by atoms with Gasteiger partial charge in [0.1, 0.15) is 0 Å². The van der Waals surface area contributed by atoms with Crippen LogP contribution in [0.2, 0.25) is 0 Å². The van der Waals surface area contributed by atoms with E-state index in [0.29, 0.717) is 23.9 Å². The highest BCUT2D eigenvalue weighted by Crippen LogP contribution is 2.40. The van der Waals surface area contributed by atoms with Crippen molar-refractivity contribution >= 4 is 9.76 Å². The summed E-state index contributed by atoms with van der Waals surface area (Å²) in [5.41, 5.74) is 0.412. The van der Waals surface area contributed by atoms with E-state index in [0.717, 1.165) is 6.61 Å². The molecule has 0 spiro atoms. The van der Waals surface area contributed by atoms with Crippen LogP contribution in [0, 0.1) is 5.92 Å². The molecule has 14 heavy (non-hydrogen) atoms. The number of epoxide rings is 1. The average Bonchev–Trinajstić information content (AvgIpc) is 2.95. The zero-order valence-corrected chi connectivity index (χ0v) is 10.5. The molecule has 4 heteroatoms. The summed E-state index contributed by atoms with van der Waals surface area (Å²) in [4.78, 5) is 0. The molecule has 0 amide bonds. The van der Waals surface area contributed by atoms with Crippen molar-refractivity contribution in [3.8, 4) is 0 Å². The highest BCUT2D eigenvalue weighted by atomic mass is 28.2. The summed E-state index contributed by atoms with van der Waals surface area (Å²) in [6.07, 6.45) is 4.85. The van der Waals surface area contributed by atoms with Crippen molar-refractivity contribution < 1.29 is 13.9 Å². The molecular weight excluding hydrogens is 196 g/mol. The van der Waals surface area contributed by atoms with Gasteiger partial charge in [0.25, 0.3) is 0 Å². The molecular formula is C10H20O3Si. The molecule has 2 aliphatic rings. The van der Waals surface area contributed by atoms with Crippen molar-refractivity contribution in [2.75, 3.05) is 13.7 Å². The Bertz CT molecular complexity index is 182. The van der Waals surface area contributed by atoms with E-state index >= 15 is 0 Å². The molecule has 1 aliphatic carbocycles. The molecule has 0 aromatic carbocycles. The summed E-state index contributed by atoms with van der Waals surface area (Å²) in [6, 6.07) is 0. The van der Waals surface area contributed by atoms with Crippen LogP contribution in [0.5, 0.6) is 0 Å². The molecule has 3 nitrogen and oxygen atoms in total. The van der Waals surface area contributed by atoms with Gasteiger partial charge < -0.3 is 13.9 Å². The Kier molecular flexibility index (Phi) is 3.60. The van der Waals surface area contributed by atoms with Crippen LogP contribution in [0.1, 0.15) is 26.2 Å². The van der Waals surface area contributed by atoms with Gasteiger partial charge in [-0.05, 0) is 32.1 Å². The molecule has 4 unspecified atom stereocenters. The van der Waals surface area contributed by atoms with E-state index in [-0.39, 0.29) is 0 Å². The predicted octanol–water partition coefficient (Wildman–Crippen LogP) is 0.647.